The number of benzene rings is 1. The van der Waals surface area contributed by atoms with E-state index in [9.17, 15) is 14.0 Å². The van der Waals surface area contributed by atoms with E-state index in [1.807, 2.05) is 6.07 Å². The SMILES string of the molecule is C=CC(=O)N1CCCC[C@H]1C#Cc1cnccc1-c1[nH]c2c(c1Nc1cccc(F)c1OC)C(=O)NCC2. The monoisotopic (exact) mass is 513 g/mol. The Labute approximate surface area is 220 Å². The topological polar surface area (TPSA) is 99.3 Å². The van der Waals surface area contributed by atoms with E-state index in [-0.39, 0.29) is 23.6 Å². The van der Waals surface area contributed by atoms with Crippen molar-refractivity contribution in [1.82, 2.24) is 20.2 Å². The molecule has 0 unspecified atom stereocenters. The second-order valence-electron chi connectivity index (χ2n) is 9.12. The summed E-state index contributed by atoms with van der Waals surface area (Å²) in [5.74, 6) is 5.66. The summed E-state index contributed by atoms with van der Waals surface area (Å²) in [7, 11) is 1.39. The van der Waals surface area contributed by atoms with Crippen molar-refractivity contribution in [1.29, 1.82) is 0 Å². The minimum atomic E-state index is -0.519. The average molecular weight is 514 g/mol. The van der Waals surface area contributed by atoms with Crippen LogP contribution in [0.5, 0.6) is 5.75 Å². The number of aromatic amines is 1. The number of halogens is 1. The van der Waals surface area contributed by atoms with Gasteiger partial charge in [0.05, 0.1) is 41.3 Å². The molecule has 9 heteroatoms. The molecule has 1 aromatic carbocycles. The Balaban J connectivity index is 1.60. The maximum absolute atomic E-state index is 14.5. The van der Waals surface area contributed by atoms with Crippen LogP contribution in [0, 0.1) is 17.7 Å². The lowest BCUT2D eigenvalue weighted by Gasteiger charge is -2.31. The van der Waals surface area contributed by atoms with Crippen molar-refractivity contribution < 1.29 is 18.7 Å². The fraction of sp³-hybridized carbons (Fsp3) is 0.276. The van der Waals surface area contributed by atoms with Gasteiger partial charge >= 0.3 is 0 Å². The predicted octanol–water partition coefficient (Wildman–Crippen LogP) is 4.17. The summed E-state index contributed by atoms with van der Waals surface area (Å²) in [6.45, 7) is 4.77. The van der Waals surface area contributed by atoms with Gasteiger partial charge < -0.3 is 25.3 Å². The van der Waals surface area contributed by atoms with Crippen LogP contribution in [0.2, 0.25) is 0 Å². The molecule has 0 radical (unpaired) electrons. The molecule has 1 atom stereocenters. The molecule has 2 amide bonds. The number of pyridine rings is 1. The summed E-state index contributed by atoms with van der Waals surface area (Å²) >= 11 is 0. The molecule has 2 aliphatic heterocycles. The van der Waals surface area contributed by atoms with Crippen LogP contribution in [0.1, 0.15) is 40.9 Å². The molecule has 0 aliphatic carbocycles. The third-order valence-corrected chi connectivity index (χ3v) is 6.82. The Kier molecular flexibility index (Phi) is 7.13. The molecule has 0 bridgehead atoms. The second-order valence-corrected chi connectivity index (χ2v) is 9.12. The van der Waals surface area contributed by atoms with Crippen molar-refractivity contribution in [2.75, 3.05) is 25.5 Å². The molecular weight excluding hydrogens is 485 g/mol. The summed E-state index contributed by atoms with van der Waals surface area (Å²) in [6.07, 6.45) is 7.96. The van der Waals surface area contributed by atoms with Crippen LogP contribution in [0.3, 0.4) is 0 Å². The summed E-state index contributed by atoms with van der Waals surface area (Å²) in [4.78, 5) is 34.7. The van der Waals surface area contributed by atoms with Crippen LogP contribution in [0.15, 0.2) is 49.3 Å². The average Bonchev–Trinajstić information content (AvgIpc) is 3.31. The van der Waals surface area contributed by atoms with Crippen molar-refractivity contribution in [3.8, 4) is 28.8 Å². The fourth-order valence-corrected chi connectivity index (χ4v) is 4.99. The number of hydrogen-bond donors (Lipinski definition) is 3. The zero-order valence-corrected chi connectivity index (χ0v) is 21.1. The van der Waals surface area contributed by atoms with E-state index in [4.69, 9.17) is 4.74 Å². The van der Waals surface area contributed by atoms with E-state index in [1.165, 1.54) is 19.3 Å². The number of methoxy groups -OCH3 is 1. The van der Waals surface area contributed by atoms with Crippen LogP contribution in [0.25, 0.3) is 11.3 Å². The first-order valence-corrected chi connectivity index (χ1v) is 12.5. The first-order valence-electron chi connectivity index (χ1n) is 12.5. The van der Waals surface area contributed by atoms with E-state index >= 15 is 0 Å². The van der Waals surface area contributed by atoms with Crippen LogP contribution < -0.4 is 15.4 Å². The Hall–Kier alpha value is -4.58. The Morgan fingerprint density at radius 2 is 2.21 bits per heavy atom. The minimum absolute atomic E-state index is 0.0450. The number of rotatable bonds is 5. The van der Waals surface area contributed by atoms with Gasteiger partial charge in [-0.2, -0.15) is 0 Å². The van der Waals surface area contributed by atoms with Crippen molar-refractivity contribution >= 4 is 23.2 Å². The highest BCUT2D eigenvalue weighted by molar-refractivity contribution is 6.06. The lowest BCUT2D eigenvalue weighted by molar-refractivity contribution is -0.128. The van der Waals surface area contributed by atoms with Gasteiger partial charge in [-0.25, -0.2) is 4.39 Å². The van der Waals surface area contributed by atoms with Gasteiger partial charge in [0.2, 0.25) is 5.91 Å². The Morgan fingerprint density at radius 3 is 3.03 bits per heavy atom. The standard InChI is InChI=1S/C29H28FN5O3/c1-3-24(36)35-16-5-4-7-19(35)11-10-18-17-31-14-12-20(18)26-27(25-22(33-26)13-15-32-29(25)37)34-23-9-6-8-21(30)28(23)38-2/h3,6,8-9,12,14,17,19,33-34H,1,4-5,7,13,15-16H2,2H3,(H,32,37)/t19-/m0/s1. The van der Waals surface area contributed by atoms with Gasteiger partial charge in [0.15, 0.2) is 11.6 Å². The van der Waals surface area contributed by atoms with Crippen LogP contribution in [0.4, 0.5) is 15.8 Å². The number of fused-ring (bicyclic) bond motifs is 1. The van der Waals surface area contributed by atoms with E-state index in [1.54, 1.807) is 29.4 Å². The van der Waals surface area contributed by atoms with E-state index in [0.29, 0.717) is 47.7 Å². The number of carbonyl (C=O) groups is 2. The molecule has 2 aromatic heterocycles. The molecule has 5 rings (SSSR count). The number of carbonyl (C=O) groups excluding carboxylic acids is 2. The number of aromatic nitrogens is 2. The number of hydrogen-bond acceptors (Lipinski definition) is 5. The fourth-order valence-electron chi connectivity index (χ4n) is 4.99. The molecule has 194 valence electrons. The highest BCUT2D eigenvalue weighted by Gasteiger charge is 2.29. The molecule has 0 spiro atoms. The predicted molar refractivity (Wildman–Crippen MR) is 143 cm³/mol. The third kappa shape index (κ3) is 4.73. The number of nitrogens with one attached hydrogen (secondary N) is 3. The Bertz CT molecular complexity index is 1470. The number of para-hydroxylation sites is 1. The van der Waals surface area contributed by atoms with Crippen molar-refractivity contribution in [3.63, 3.8) is 0 Å². The number of nitrogens with zero attached hydrogens (tertiary/aromatic N) is 2. The highest BCUT2D eigenvalue weighted by atomic mass is 19.1. The van der Waals surface area contributed by atoms with Crippen molar-refractivity contribution in [2.24, 2.45) is 0 Å². The zero-order valence-electron chi connectivity index (χ0n) is 21.1. The molecule has 8 nitrogen and oxygen atoms in total. The molecule has 1 saturated heterocycles. The third-order valence-electron chi connectivity index (χ3n) is 6.82. The largest absolute Gasteiger partial charge is 0.492 e. The van der Waals surface area contributed by atoms with Gasteiger partial charge in [0.25, 0.3) is 5.91 Å². The highest BCUT2D eigenvalue weighted by Crippen LogP contribution is 2.40. The van der Waals surface area contributed by atoms with Crippen molar-refractivity contribution in [2.45, 2.75) is 31.7 Å². The molecule has 4 heterocycles. The lowest BCUT2D eigenvalue weighted by Crippen LogP contribution is -2.42. The van der Waals surface area contributed by atoms with E-state index < -0.39 is 5.82 Å². The van der Waals surface area contributed by atoms with Crippen LogP contribution in [-0.2, 0) is 11.2 Å². The molecule has 2 aliphatic rings. The lowest BCUT2D eigenvalue weighted by atomic mass is 10.0. The summed E-state index contributed by atoms with van der Waals surface area (Å²) in [5, 5.41) is 6.13. The molecule has 1 fully saturated rings. The molecule has 3 aromatic rings. The zero-order chi connectivity index (χ0) is 26.6. The Morgan fingerprint density at radius 1 is 1.34 bits per heavy atom. The van der Waals surface area contributed by atoms with Gasteiger partial charge in [-0.1, -0.05) is 24.5 Å². The normalized spacial score (nSPS) is 16.5. The number of anilines is 2. The second kappa shape index (κ2) is 10.8. The van der Waals surface area contributed by atoms with Crippen LogP contribution >= 0.6 is 0 Å². The summed E-state index contributed by atoms with van der Waals surface area (Å²) in [5.41, 5.74) is 4.11. The number of likely N-dealkylation sites (tertiary alicyclic amines) is 1. The number of ether oxygens (including phenoxy) is 1. The smallest absolute Gasteiger partial charge is 0.255 e. The van der Waals surface area contributed by atoms with Gasteiger partial charge in [0.1, 0.15) is 0 Å². The first kappa shape index (κ1) is 25.1. The molecule has 0 saturated carbocycles. The maximum atomic E-state index is 14.5. The van der Waals surface area contributed by atoms with Gasteiger partial charge in [-0.05, 0) is 43.5 Å². The van der Waals surface area contributed by atoms with Gasteiger partial charge in [-0.3, -0.25) is 14.6 Å². The van der Waals surface area contributed by atoms with Crippen LogP contribution in [-0.4, -0.2) is 52.9 Å². The number of amides is 2. The van der Waals surface area contributed by atoms with Gasteiger partial charge in [-0.15, -0.1) is 0 Å². The maximum Gasteiger partial charge on any atom is 0.255 e. The molecule has 38 heavy (non-hydrogen) atoms. The first-order chi connectivity index (χ1) is 18.5. The van der Waals surface area contributed by atoms with E-state index in [2.05, 4.69) is 39.0 Å². The summed E-state index contributed by atoms with van der Waals surface area (Å²) < 4.78 is 19.8. The van der Waals surface area contributed by atoms with Crippen molar-refractivity contribution in [3.05, 3.63) is 72.0 Å². The van der Waals surface area contributed by atoms with Gasteiger partial charge in [0, 0.05) is 43.2 Å². The van der Waals surface area contributed by atoms with E-state index in [0.717, 1.165) is 30.5 Å². The molecule has 3 N–H and O–H groups in total. The minimum Gasteiger partial charge on any atom is -0.492 e. The quantitative estimate of drug-likeness (QED) is 0.351. The molecular formula is C29H28FN5O3. The number of H-pyrrole nitrogens is 1. The number of piperidine rings is 1. The summed E-state index contributed by atoms with van der Waals surface area (Å²) in [6, 6.07) is 6.17.